The standard InChI is InChI=1S/C17H17N5/c1-12-3-8-16(13(2)9-12)21-14-4-6-15(7-5-14)22-17-19-10-18-11-20-17/h3-11,21H,1-2H3,(H,18,19,20,22). The van der Waals surface area contributed by atoms with Gasteiger partial charge in [-0.25, -0.2) is 15.0 Å². The van der Waals surface area contributed by atoms with Gasteiger partial charge in [0.1, 0.15) is 12.7 Å². The number of rotatable bonds is 4. The van der Waals surface area contributed by atoms with Gasteiger partial charge in [-0.3, -0.25) is 0 Å². The minimum Gasteiger partial charge on any atom is -0.355 e. The largest absolute Gasteiger partial charge is 0.355 e. The zero-order valence-corrected chi connectivity index (χ0v) is 12.5. The molecule has 0 fully saturated rings. The summed E-state index contributed by atoms with van der Waals surface area (Å²) in [4.78, 5) is 11.9. The molecule has 22 heavy (non-hydrogen) atoms. The summed E-state index contributed by atoms with van der Waals surface area (Å²) in [5.74, 6) is 0.532. The van der Waals surface area contributed by atoms with Crippen LogP contribution in [0.15, 0.2) is 55.1 Å². The van der Waals surface area contributed by atoms with Crippen LogP contribution in [0.1, 0.15) is 11.1 Å². The van der Waals surface area contributed by atoms with Crippen molar-refractivity contribution in [2.45, 2.75) is 13.8 Å². The third kappa shape index (κ3) is 3.38. The highest BCUT2D eigenvalue weighted by Crippen LogP contribution is 2.23. The van der Waals surface area contributed by atoms with Gasteiger partial charge in [-0.15, -0.1) is 0 Å². The number of nitrogens with zero attached hydrogens (tertiary/aromatic N) is 3. The quantitative estimate of drug-likeness (QED) is 0.761. The monoisotopic (exact) mass is 291 g/mol. The molecule has 0 aliphatic rings. The summed E-state index contributed by atoms with van der Waals surface area (Å²) in [5.41, 5.74) is 5.57. The molecule has 0 amide bonds. The predicted molar refractivity (Wildman–Crippen MR) is 88.8 cm³/mol. The van der Waals surface area contributed by atoms with E-state index in [-0.39, 0.29) is 0 Å². The van der Waals surface area contributed by atoms with Crippen molar-refractivity contribution in [1.82, 2.24) is 15.0 Å². The first kappa shape index (κ1) is 14.0. The van der Waals surface area contributed by atoms with Crippen molar-refractivity contribution in [2.75, 3.05) is 10.6 Å². The van der Waals surface area contributed by atoms with E-state index in [1.807, 2.05) is 24.3 Å². The van der Waals surface area contributed by atoms with Crippen molar-refractivity contribution in [3.05, 3.63) is 66.2 Å². The minimum absolute atomic E-state index is 0.532. The lowest BCUT2D eigenvalue weighted by atomic mass is 10.1. The van der Waals surface area contributed by atoms with Crippen molar-refractivity contribution in [1.29, 1.82) is 0 Å². The van der Waals surface area contributed by atoms with E-state index in [1.54, 1.807) is 0 Å². The molecule has 0 aliphatic carbocycles. The molecule has 0 aliphatic heterocycles. The van der Waals surface area contributed by atoms with Gasteiger partial charge in [0.15, 0.2) is 0 Å². The minimum atomic E-state index is 0.532. The lowest BCUT2D eigenvalue weighted by molar-refractivity contribution is 1.05. The lowest BCUT2D eigenvalue weighted by Gasteiger charge is -2.11. The number of nitrogens with one attached hydrogen (secondary N) is 2. The molecular formula is C17H17N5. The Kier molecular flexibility index (Phi) is 3.96. The van der Waals surface area contributed by atoms with E-state index in [4.69, 9.17) is 0 Å². The first-order valence-electron chi connectivity index (χ1n) is 7.04. The molecule has 0 unspecified atom stereocenters. The van der Waals surface area contributed by atoms with Gasteiger partial charge in [0.2, 0.25) is 5.95 Å². The molecule has 2 aromatic carbocycles. The maximum Gasteiger partial charge on any atom is 0.230 e. The number of aryl methyl sites for hydroxylation is 2. The third-order valence-electron chi connectivity index (χ3n) is 3.30. The van der Waals surface area contributed by atoms with Crippen molar-refractivity contribution < 1.29 is 0 Å². The average molecular weight is 291 g/mol. The van der Waals surface area contributed by atoms with Gasteiger partial charge in [-0.2, -0.15) is 0 Å². The highest BCUT2D eigenvalue weighted by Gasteiger charge is 2.01. The molecule has 0 spiro atoms. The van der Waals surface area contributed by atoms with E-state index in [2.05, 4.69) is 57.6 Å². The fourth-order valence-electron chi connectivity index (χ4n) is 2.18. The number of hydrogen-bond acceptors (Lipinski definition) is 5. The van der Waals surface area contributed by atoms with E-state index in [0.29, 0.717) is 5.95 Å². The van der Waals surface area contributed by atoms with Crippen molar-refractivity contribution in [3.63, 3.8) is 0 Å². The smallest absolute Gasteiger partial charge is 0.230 e. The van der Waals surface area contributed by atoms with Crippen LogP contribution < -0.4 is 10.6 Å². The number of aromatic nitrogens is 3. The Hall–Kier alpha value is -2.95. The van der Waals surface area contributed by atoms with Gasteiger partial charge >= 0.3 is 0 Å². The van der Waals surface area contributed by atoms with Crippen LogP contribution >= 0.6 is 0 Å². The van der Waals surface area contributed by atoms with Crippen LogP contribution in [0.25, 0.3) is 0 Å². The summed E-state index contributed by atoms with van der Waals surface area (Å²) >= 11 is 0. The fourth-order valence-corrected chi connectivity index (χ4v) is 2.18. The number of hydrogen-bond donors (Lipinski definition) is 2. The normalized spacial score (nSPS) is 10.3. The molecule has 0 radical (unpaired) electrons. The van der Waals surface area contributed by atoms with E-state index in [0.717, 1.165) is 17.1 Å². The Balaban J connectivity index is 1.71. The summed E-state index contributed by atoms with van der Waals surface area (Å²) < 4.78 is 0. The van der Waals surface area contributed by atoms with Crippen LogP contribution in [0.4, 0.5) is 23.0 Å². The SMILES string of the molecule is Cc1ccc(Nc2ccc(Nc3ncncn3)cc2)c(C)c1. The molecular weight excluding hydrogens is 274 g/mol. The topological polar surface area (TPSA) is 62.7 Å². The van der Waals surface area contributed by atoms with Gasteiger partial charge in [-0.05, 0) is 49.7 Å². The van der Waals surface area contributed by atoms with Crippen LogP contribution in [0.3, 0.4) is 0 Å². The first-order valence-corrected chi connectivity index (χ1v) is 7.04. The van der Waals surface area contributed by atoms with Crippen LogP contribution in [0, 0.1) is 13.8 Å². The van der Waals surface area contributed by atoms with Gasteiger partial charge < -0.3 is 10.6 Å². The fraction of sp³-hybridized carbons (Fsp3) is 0.118. The van der Waals surface area contributed by atoms with Crippen LogP contribution in [0.5, 0.6) is 0 Å². The summed E-state index contributed by atoms with van der Waals surface area (Å²) in [5, 5.41) is 6.55. The second-order valence-corrected chi connectivity index (χ2v) is 5.11. The van der Waals surface area contributed by atoms with Gasteiger partial charge in [-0.1, -0.05) is 17.7 Å². The highest BCUT2D eigenvalue weighted by atomic mass is 15.1. The Morgan fingerprint density at radius 2 is 1.41 bits per heavy atom. The average Bonchev–Trinajstić information content (AvgIpc) is 2.53. The Labute approximate surface area is 129 Å². The zero-order chi connectivity index (χ0) is 15.4. The second-order valence-electron chi connectivity index (χ2n) is 5.11. The predicted octanol–water partition coefficient (Wildman–Crippen LogP) is 3.98. The van der Waals surface area contributed by atoms with E-state index in [9.17, 15) is 0 Å². The lowest BCUT2D eigenvalue weighted by Crippen LogP contribution is -1.97. The maximum atomic E-state index is 4.04. The third-order valence-corrected chi connectivity index (χ3v) is 3.30. The first-order chi connectivity index (χ1) is 10.7. The summed E-state index contributed by atoms with van der Waals surface area (Å²) in [7, 11) is 0. The Morgan fingerprint density at radius 1 is 0.773 bits per heavy atom. The molecule has 3 aromatic rings. The number of anilines is 4. The summed E-state index contributed by atoms with van der Waals surface area (Å²) in [6.45, 7) is 4.20. The van der Waals surface area contributed by atoms with Crippen LogP contribution in [-0.2, 0) is 0 Å². The van der Waals surface area contributed by atoms with Crippen molar-refractivity contribution >= 4 is 23.0 Å². The second kappa shape index (κ2) is 6.22. The molecule has 2 N–H and O–H groups in total. The number of benzene rings is 2. The van der Waals surface area contributed by atoms with E-state index >= 15 is 0 Å². The van der Waals surface area contributed by atoms with Crippen LogP contribution in [-0.4, -0.2) is 15.0 Å². The Bertz CT molecular complexity index is 754. The van der Waals surface area contributed by atoms with Crippen molar-refractivity contribution in [3.8, 4) is 0 Å². The molecule has 1 aromatic heterocycles. The molecule has 110 valence electrons. The highest BCUT2D eigenvalue weighted by molar-refractivity contribution is 5.66. The van der Waals surface area contributed by atoms with Crippen molar-refractivity contribution in [2.24, 2.45) is 0 Å². The molecule has 1 heterocycles. The molecule has 0 saturated heterocycles. The van der Waals surface area contributed by atoms with Crippen LogP contribution in [0.2, 0.25) is 0 Å². The summed E-state index contributed by atoms with van der Waals surface area (Å²) in [6.07, 6.45) is 2.93. The molecule has 0 atom stereocenters. The Morgan fingerprint density at radius 3 is 2.05 bits per heavy atom. The molecule has 3 rings (SSSR count). The van der Waals surface area contributed by atoms with Gasteiger partial charge in [0.25, 0.3) is 0 Å². The zero-order valence-electron chi connectivity index (χ0n) is 12.5. The molecule has 0 saturated carbocycles. The molecule has 5 nitrogen and oxygen atoms in total. The maximum absolute atomic E-state index is 4.04. The molecule has 0 bridgehead atoms. The van der Waals surface area contributed by atoms with Gasteiger partial charge in [0, 0.05) is 17.1 Å². The van der Waals surface area contributed by atoms with Gasteiger partial charge in [0.05, 0.1) is 0 Å². The van der Waals surface area contributed by atoms with E-state index in [1.165, 1.54) is 23.8 Å². The molecule has 5 heteroatoms. The summed E-state index contributed by atoms with van der Waals surface area (Å²) in [6, 6.07) is 14.4. The van der Waals surface area contributed by atoms with E-state index < -0.39 is 0 Å².